The van der Waals surface area contributed by atoms with Crippen LogP contribution in [0.4, 0.5) is 8.78 Å². The largest absolute Gasteiger partial charge is 0.477 e. The zero-order chi connectivity index (χ0) is 23.6. The molecule has 0 amide bonds. The van der Waals surface area contributed by atoms with Gasteiger partial charge in [0, 0.05) is 40.1 Å². The Hall–Kier alpha value is -3.54. The molecule has 0 unspecified atom stereocenters. The molecule has 3 aromatic rings. The molecule has 4 nitrogen and oxygen atoms in total. The van der Waals surface area contributed by atoms with Crippen LogP contribution < -0.4 is 0 Å². The molecule has 3 aliphatic rings. The maximum absolute atomic E-state index is 14.5. The van der Waals surface area contributed by atoms with Gasteiger partial charge >= 0.3 is 5.97 Å². The van der Waals surface area contributed by atoms with E-state index in [1.807, 2.05) is 18.2 Å². The summed E-state index contributed by atoms with van der Waals surface area (Å²) in [5, 5.41) is 10.9. The molecule has 3 aliphatic carbocycles. The van der Waals surface area contributed by atoms with Gasteiger partial charge in [0.05, 0.1) is 6.54 Å². The summed E-state index contributed by atoms with van der Waals surface area (Å²) in [5.41, 5.74) is 2.63. The van der Waals surface area contributed by atoms with Crippen LogP contribution in [0.3, 0.4) is 0 Å². The first-order chi connectivity index (χ1) is 16.4. The number of carbonyl (C=O) groups is 2. The second-order valence-electron chi connectivity index (χ2n) is 9.61. The molecule has 0 spiro atoms. The molecule has 1 heterocycles. The van der Waals surface area contributed by atoms with E-state index in [9.17, 15) is 23.5 Å². The number of hydrogen-bond acceptors (Lipinski definition) is 2. The van der Waals surface area contributed by atoms with Crippen LogP contribution in [-0.4, -0.2) is 21.4 Å². The summed E-state index contributed by atoms with van der Waals surface area (Å²) in [6.07, 6.45) is 9.08. The topological polar surface area (TPSA) is 59.3 Å². The molecule has 1 N–H and O–H groups in total. The quantitative estimate of drug-likeness (QED) is 0.485. The van der Waals surface area contributed by atoms with Gasteiger partial charge < -0.3 is 9.67 Å². The highest BCUT2D eigenvalue weighted by Crippen LogP contribution is 2.59. The van der Waals surface area contributed by atoms with Gasteiger partial charge in [-0.1, -0.05) is 30.4 Å². The van der Waals surface area contributed by atoms with E-state index in [1.165, 1.54) is 23.5 Å². The number of halogens is 2. The van der Waals surface area contributed by atoms with Crippen molar-refractivity contribution in [1.82, 2.24) is 4.57 Å². The summed E-state index contributed by atoms with van der Waals surface area (Å²) < 4.78 is 29.5. The smallest absolute Gasteiger partial charge is 0.353 e. The number of fused-ring (bicyclic) bond motifs is 1. The Balaban J connectivity index is 1.56. The lowest BCUT2D eigenvalue weighted by atomic mass is 9.92. The lowest BCUT2D eigenvalue weighted by Gasteiger charge is -2.12. The molecule has 1 aromatic heterocycles. The van der Waals surface area contributed by atoms with E-state index < -0.39 is 17.6 Å². The van der Waals surface area contributed by atoms with Crippen molar-refractivity contribution >= 4 is 28.2 Å². The molecule has 2 fully saturated rings. The zero-order valence-corrected chi connectivity index (χ0v) is 18.4. The van der Waals surface area contributed by atoms with Crippen LogP contribution in [0.1, 0.15) is 58.8 Å². The Kier molecular flexibility index (Phi) is 4.80. The second-order valence-corrected chi connectivity index (χ2v) is 9.61. The number of ketones is 1. The van der Waals surface area contributed by atoms with Gasteiger partial charge in [0.25, 0.3) is 0 Å². The number of hydrogen-bond donors (Lipinski definition) is 1. The van der Waals surface area contributed by atoms with Crippen molar-refractivity contribution < 1.29 is 23.5 Å². The lowest BCUT2D eigenvalue weighted by Crippen LogP contribution is -2.14. The van der Waals surface area contributed by atoms with Gasteiger partial charge in [-0.05, 0) is 60.8 Å². The monoisotopic (exact) mass is 459 g/mol. The van der Waals surface area contributed by atoms with Gasteiger partial charge in [-0.3, -0.25) is 4.79 Å². The highest BCUT2D eigenvalue weighted by Gasteiger charge is 2.48. The minimum absolute atomic E-state index is 0.0553. The van der Waals surface area contributed by atoms with Gasteiger partial charge in [0.15, 0.2) is 5.78 Å². The van der Waals surface area contributed by atoms with Crippen molar-refractivity contribution in [2.75, 3.05) is 0 Å². The predicted molar refractivity (Wildman–Crippen MR) is 125 cm³/mol. The van der Waals surface area contributed by atoms with Crippen molar-refractivity contribution in [2.45, 2.75) is 38.1 Å². The van der Waals surface area contributed by atoms with Gasteiger partial charge in [-0.15, -0.1) is 0 Å². The molecule has 6 heteroatoms. The number of carbonyl (C=O) groups excluding carboxylic acids is 1. The normalized spacial score (nSPS) is 21.7. The van der Waals surface area contributed by atoms with Crippen LogP contribution in [0.2, 0.25) is 0 Å². The molecule has 0 aliphatic heterocycles. The van der Waals surface area contributed by atoms with Crippen LogP contribution in [0.15, 0.2) is 54.6 Å². The molecule has 2 atom stereocenters. The fraction of sp³-hybridized carbons (Fsp3) is 0.286. The summed E-state index contributed by atoms with van der Waals surface area (Å²) in [7, 11) is 0. The van der Waals surface area contributed by atoms with Crippen molar-refractivity contribution in [1.29, 1.82) is 0 Å². The van der Waals surface area contributed by atoms with Crippen LogP contribution in [0.5, 0.6) is 0 Å². The standard InChI is InChI=1S/C28H23F2NO3/c29-18-9-7-17(23(30)12-18)14-31-24-10-8-16(21-13-20(21)15-5-6-15)11-22(24)26(27(31)28(33)34)19-3-1-2-4-25(19)32/h1-3,7-12,15,20-21H,4-6,13-14H2,(H,33,34)/t20-,21+/m0/s1. The van der Waals surface area contributed by atoms with Crippen molar-refractivity contribution in [2.24, 2.45) is 11.8 Å². The third kappa shape index (κ3) is 3.49. The highest BCUT2D eigenvalue weighted by atomic mass is 19.1. The summed E-state index contributed by atoms with van der Waals surface area (Å²) in [6.45, 7) is -0.0883. The Morgan fingerprint density at radius 3 is 2.65 bits per heavy atom. The number of aromatic carboxylic acids is 1. The Labute approximate surface area is 195 Å². The number of Topliss-reactive ketones (excluding diaryl/α,β-unsaturated/α-hetero) is 1. The second kappa shape index (κ2) is 7.76. The molecule has 0 bridgehead atoms. The molecule has 172 valence electrons. The maximum atomic E-state index is 14.5. The average molecular weight is 459 g/mol. The minimum Gasteiger partial charge on any atom is -0.477 e. The van der Waals surface area contributed by atoms with Crippen LogP contribution in [-0.2, 0) is 11.3 Å². The number of allylic oxidation sites excluding steroid dienone is 4. The van der Waals surface area contributed by atoms with E-state index in [-0.39, 0.29) is 30.0 Å². The lowest BCUT2D eigenvalue weighted by molar-refractivity contribution is -0.113. The fourth-order valence-electron chi connectivity index (χ4n) is 5.49. The number of rotatable bonds is 6. The maximum Gasteiger partial charge on any atom is 0.353 e. The van der Waals surface area contributed by atoms with Gasteiger partial charge in [0.2, 0.25) is 0 Å². The van der Waals surface area contributed by atoms with E-state index in [4.69, 9.17) is 0 Å². The van der Waals surface area contributed by atoms with Crippen molar-refractivity contribution in [3.05, 3.63) is 88.6 Å². The van der Waals surface area contributed by atoms with Crippen molar-refractivity contribution in [3.63, 3.8) is 0 Å². The van der Waals surface area contributed by atoms with Crippen LogP contribution in [0, 0.1) is 23.5 Å². The SMILES string of the molecule is O=C1CC=CC=C1c1c(C(=O)O)n(Cc2ccc(F)cc2F)c2ccc([C@H]3C[C@H]3C3CC3)cc12. The van der Waals surface area contributed by atoms with Crippen LogP contribution in [0.25, 0.3) is 16.5 Å². The van der Waals surface area contributed by atoms with Crippen molar-refractivity contribution in [3.8, 4) is 0 Å². The van der Waals surface area contributed by atoms with E-state index in [1.54, 1.807) is 18.2 Å². The summed E-state index contributed by atoms with van der Waals surface area (Å²) in [4.78, 5) is 25.4. The van der Waals surface area contributed by atoms with Crippen LogP contribution >= 0.6 is 0 Å². The summed E-state index contributed by atoms with van der Waals surface area (Å²) >= 11 is 0. The Morgan fingerprint density at radius 1 is 1.12 bits per heavy atom. The van der Waals surface area contributed by atoms with E-state index >= 15 is 0 Å². The number of carboxylic acid groups (broad SMARTS) is 1. The van der Waals surface area contributed by atoms with Gasteiger partial charge in [-0.25, -0.2) is 13.6 Å². The molecule has 2 saturated carbocycles. The average Bonchev–Trinajstić information content (AvgIpc) is 3.71. The van der Waals surface area contributed by atoms with Gasteiger partial charge in [-0.2, -0.15) is 0 Å². The minimum atomic E-state index is -1.19. The van der Waals surface area contributed by atoms with E-state index in [2.05, 4.69) is 0 Å². The molecular formula is C28H23F2NO3. The predicted octanol–water partition coefficient (Wildman–Crippen LogP) is 6.09. The van der Waals surface area contributed by atoms with Gasteiger partial charge in [0.1, 0.15) is 17.3 Å². The summed E-state index contributed by atoms with van der Waals surface area (Å²) in [6, 6.07) is 9.21. The first-order valence-electron chi connectivity index (χ1n) is 11.7. The third-order valence-corrected chi connectivity index (χ3v) is 7.40. The van der Waals surface area contributed by atoms with E-state index in [0.717, 1.165) is 30.0 Å². The third-order valence-electron chi connectivity index (χ3n) is 7.40. The van der Waals surface area contributed by atoms with E-state index in [0.29, 0.717) is 33.9 Å². The Morgan fingerprint density at radius 2 is 1.94 bits per heavy atom. The fourth-order valence-corrected chi connectivity index (χ4v) is 5.49. The molecule has 0 saturated heterocycles. The first kappa shape index (κ1) is 21.0. The molecule has 2 aromatic carbocycles. The Bertz CT molecular complexity index is 1430. The molecule has 34 heavy (non-hydrogen) atoms. The summed E-state index contributed by atoms with van der Waals surface area (Å²) in [5.74, 6) is -0.820. The molecule has 6 rings (SSSR count). The first-order valence-corrected chi connectivity index (χ1v) is 11.7. The number of carboxylic acids is 1. The number of aromatic nitrogens is 1. The molecular weight excluding hydrogens is 436 g/mol. The zero-order valence-electron chi connectivity index (χ0n) is 18.4. The number of nitrogens with zero attached hydrogens (tertiary/aromatic N) is 1. The number of benzene rings is 2. The highest BCUT2D eigenvalue weighted by molar-refractivity contribution is 6.27. The molecule has 0 radical (unpaired) electrons.